The minimum atomic E-state index is -0.195. The van der Waals surface area contributed by atoms with E-state index in [4.69, 9.17) is 25.8 Å². The van der Waals surface area contributed by atoms with Crippen LogP contribution in [0, 0.1) is 0 Å². The molecule has 0 aliphatic rings. The smallest absolute Gasteiger partial charge is 0.317 e. The quantitative estimate of drug-likeness (QED) is 0.692. The van der Waals surface area contributed by atoms with Crippen LogP contribution in [0.4, 0.5) is 4.79 Å². The van der Waals surface area contributed by atoms with Gasteiger partial charge in [-0.05, 0) is 49.2 Å². The molecule has 0 fully saturated rings. The first-order chi connectivity index (χ1) is 13.4. The Hall–Kier alpha value is -2.60. The highest BCUT2D eigenvalue weighted by Crippen LogP contribution is 2.38. The Morgan fingerprint density at radius 2 is 1.82 bits per heavy atom. The summed E-state index contributed by atoms with van der Waals surface area (Å²) in [6.45, 7) is 4.66. The van der Waals surface area contributed by atoms with E-state index in [1.54, 1.807) is 26.2 Å². The number of benzene rings is 2. The second kappa shape index (κ2) is 10.1. The molecule has 0 aromatic heterocycles. The lowest BCUT2D eigenvalue weighted by Gasteiger charge is -2.26. The van der Waals surface area contributed by atoms with Crippen LogP contribution in [0.1, 0.15) is 31.0 Å². The van der Waals surface area contributed by atoms with Gasteiger partial charge >= 0.3 is 6.03 Å². The molecule has 0 bridgehead atoms. The highest BCUT2D eigenvalue weighted by Gasteiger charge is 2.18. The van der Waals surface area contributed by atoms with Crippen LogP contribution in [-0.4, -0.2) is 38.8 Å². The number of nitrogens with one attached hydrogen (secondary N) is 1. The van der Waals surface area contributed by atoms with Crippen LogP contribution in [0.25, 0.3) is 0 Å². The molecular weight excluding hydrogens is 380 g/mol. The van der Waals surface area contributed by atoms with Crippen molar-refractivity contribution < 1.29 is 19.0 Å². The predicted octanol–water partition coefficient (Wildman–Crippen LogP) is 4.66. The van der Waals surface area contributed by atoms with Crippen LogP contribution < -0.4 is 19.5 Å². The molecule has 0 heterocycles. The molecule has 2 aromatic rings. The summed E-state index contributed by atoms with van der Waals surface area (Å²) < 4.78 is 16.4. The number of carbonyl (C=O) groups excluding carboxylic acids is 1. The van der Waals surface area contributed by atoms with Crippen molar-refractivity contribution in [3.05, 3.63) is 52.5 Å². The average molecular weight is 407 g/mol. The van der Waals surface area contributed by atoms with Crippen molar-refractivity contribution >= 4 is 17.6 Å². The van der Waals surface area contributed by atoms with Crippen molar-refractivity contribution in [2.24, 2.45) is 0 Å². The lowest BCUT2D eigenvalue weighted by molar-refractivity contribution is 0.194. The summed E-state index contributed by atoms with van der Waals surface area (Å²) in [5.74, 6) is 1.67. The number of carbonyl (C=O) groups is 1. The Balaban J connectivity index is 2.09. The summed E-state index contributed by atoms with van der Waals surface area (Å²) in [4.78, 5) is 14.2. The molecule has 2 rings (SSSR count). The third kappa shape index (κ3) is 5.23. The summed E-state index contributed by atoms with van der Waals surface area (Å²) in [6, 6.07) is 10.8. The monoisotopic (exact) mass is 406 g/mol. The maximum absolute atomic E-state index is 12.6. The van der Waals surface area contributed by atoms with E-state index in [0.29, 0.717) is 35.4 Å². The van der Waals surface area contributed by atoms with Gasteiger partial charge in [-0.25, -0.2) is 4.79 Å². The lowest BCUT2D eigenvalue weighted by atomic mass is 10.1. The van der Waals surface area contributed by atoms with Crippen LogP contribution >= 0.6 is 11.6 Å². The normalized spacial score (nSPS) is 11.5. The second-order valence-electron chi connectivity index (χ2n) is 6.26. The molecule has 28 heavy (non-hydrogen) atoms. The summed E-state index contributed by atoms with van der Waals surface area (Å²) in [5, 5.41) is 3.57. The molecule has 7 heteroatoms. The third-order valence-corrected chi connectivity index (χ3v) is 4.72. The lowest BCUT2D eigenvalue weighted by Crippen LogP contribution is -2.38. The first-order valence-corrected chi connectivity index (χ1v) is 9.42. The van der Waals surface area contributed by atoms with Gasteiger partial charge in [0.25, 0.3) is 0 Å². The number of hydrogen-bond acceptors (Lipinski definition) is 4. The molecule has 1 atom stereocenters. The van der Waals surface area contributed by atoms with Crippen molar-refractivity contribution in [2.45, 2.75) is 26.4 Å². The molecule has 0 aliphatic heterocycles. The highest BCUT2D eigenvalue weighted by molar-refractivity contribution is 6.30. The zero-order chi connectivity index (χ0) is 20.7. The molecule has 2 amide bonds. The summed E-state index contributed by atoms with van der Waals surface area (Å²) in [6.07, 6.45) is 0. The molecule has 0 spiro atoms. The van der Waals surface area contributed by atoms with E-state index >= 15 is 0 Å². The molecule has 1 unspecified atom stereocenters. The number of methoxy groups -OCH3 is 2. The van der Waals surface area contributed by atoms with Crippen molar-refractivity contribution in [1.82, 2.24) is 10.2 Å². The second-order valence-corrected chi connectivity index (χ2v) is 6.70. The van der Waals surface area contributed by atoms with E-state index in [1.165, 1.54) is 0 Å². The van der Waals surface area contributed by atoms with Gasteiger partial charge in [-0.15, -0.1) is 0 Å². The largest absolute Gasteiger partial charge is 0.493 e. The number of ether oxygens (including phenoxy) is 3. The molecule has 6 nitrogen and oxygen atoms in total. The topological polar surface area (TPSA) is 60.0 Å². The average Bonchev–Trinajstić information content (AvgIpc) is 2.71. The number of halogens is 1. The maximum atomic E-state index is 12.6. The van der Waals surface area contributed by atoms with Gasteiger partial charge in [0.2, 0.25) is 5.75 Å². The number of rotatable bonds is 8. The third-order valence-electron chi connectivity index (χ3n) is 4.49. The minimum absolute atomic E-state index is 0.122. The van der Waals surface area contributed by atoms with E-state index in [9.17, 15) is 4.79 Å². The Morgan fingerprint density at radius 1 is 1.18 bits per heavy atom. The fourth-order valence-electron chi connectivity index (χ4n) is 2.79. The molecular formula is C21H27ClN2O4. The van der Waals surface area contributed by atoms with Crippen molar-refractivity contribution in [3.63, 3.8) is 0 Å². The number of amides is 2. The van der Waals surface area contributed by atoms with E-state index in [1.807, 2.05) is 50.2 Å². The van der Waals surface area contributed by atoms with E-state index in [0.717, 1.165) is 11.1 Å². The van der Waals surface area contributed by atoms with E-state index in [-0.39, 0.29) is 12.1 Å². The van der Waals surface area contributed by atoms with Gasteiger partial charge in [-0.1, -0.05) is 23.7 Å². The van der Waals surface area contributed by atoms with Gasteiger partial charge in [0.05, 0.1) is 26.9 Å². The van der Waals surface area contributed by atoms with Crippen LogP contribution in [0.2, 0.25) is 5.02 Å². The van der Waals surface area contributed by atoms with Crippen molar-refractivity contribution in [1.29, 1.82) is 0 Å². The van der Waals surface area contributed by atoms with Crippen LogP contribution in [-0.2, 0) is 6.54 Å². The molecule has 0 saturated carbocycles. The SMILES string of the molecule is CCOc1c(OC)cc(CNC(=O)N(C)C(C)c2cccc(Cl)c2)cc1OC. The molecule has 1 N–H and O–H groups in total. The minimum Gasteiger partial charge on any atom is -0.493 e. The van der Waals surface area contributed by atoms with Gasteiger partial charge in [0, 0.05) is 18.6 Å². The maximum Gasteiger partial charge on any atom is 0.317 e. The van der Waals surface area contributed by atoms with Gasteiger partial charge < -0.3 is 24.4 Å². The van der Waals surface area contributed by atoms with Crippen molar-refractivity contribution in [2.75, 3.05) is 27.9 Å². The van der Waals surface area contributed by atoms with Gasteiger partial charge in [-0.3, -0.25) is 0 Å². The Morgan fingerprint density at radius 3 is 2.36 bits per heavy atom. The molecule has 0 radical (unpaired) electrons. The van der Waals surface area contributed by atoms with Crippen LogP contribution in [0.15, 0.2) is 36.4 Å². The summed E-state index contributed by atoms with van der Waals surface area (Å²) in [5.41, 5.74) is 1.81. The Bertz CT molecular complexity index is 788. The number of nitrogens with zero attached hydrogens (tertiary/aromatic N) is 1. The molecule has 0 aliphatic carbocycles. The standard InChI is InChI=1S/C21H27ClN2O4/c1-6-28-20-18(26-4)10-15(11-19(20)27-5)13-23-21(25)24(3)14(2)16-8-7-9-17(22)12-16/h7-12,14H,6,13H2,1-5H3,(H,23,25). The van der Waals surface area contributed by atoms with Gasteiger partial charge in [-0.2, -0.15) is 0 Å². The first kappa shape index (κ1) is 21.7. The summed E-state index contributed by atoms with van der Waals surface area (Å²) >= 11 is 6.05. The predicted molar refractivity (Wildman–Crippen MR) is 111 cm³/mol. The van der Waals surface area contributed by atoms with Crippen LogP contribution in [0.3, 0.4) is 0 Å². The molecule has 2 aromatic carbocycles. The Kier molecular flexibility index (Phi) is 7.81. The molecule has 0 saturated heterocycles. The number of hydrogen-bond donors (Lipinski definition) is 1. The fourth-order valence-corrected chi connectivity index (χ4v) is 2.99. The van der Waals surface area contributed by atoms with Crippen molar-refractivity contribution in [3.8, 4) is 17.2 Å². The summed E-state index contributed by atoms with van der Waals surface area (Å²) in [7, 11) is 4.89. The van der Waals surface area contributed by atoms with Crippen LogP contribution in [0.5, 0.6) is 17.2 Å². The highest BCUT2D eigenvalue weighted by atomic mass is 35.5. The molecule has 152 valence electrons. The zero-order valence-corrected chi connectivity index (χ0v) is 17.7. The van der Waals surface area contributed by atoms with Gasteiger partial charge in [0.1, 0.15) is 0 Å². The Labute approximate surface area is 171 Å². The fraction of sp³-hybridized carbons (Fsp3) is 0.381. The van der Waals surface area contributed by atoms with E-state index < -0.39 is 0 Å². The number of urea groups is 1. The zero-order valence-electron chi connectivity index (χ0n) is 16.9. The van der Waals surface area contributed by atoms with Gasteiger partial charge in [0.15, 0.2) is 11.5 Å². The first-order valence-electron chi connectivity index (χ1n) is 9.05. The van der Waals surface area contributed by atoms with E-state index in [2.05, 4.69) is 5.32 Å².